The molecule has 0 heterocycles. The number of methoxy groups -OCH3 is 1. The lowest BCUT2D eigenvalue weighted by Crippen LogP contribution is -1.87. The third-order valence-electron chi connectivity index (χ3n) is 2.81. The first-order valence-corrected chi connectivity index (χ1v) is 5.89. The van der Waals surface area contributed by atoms with Crippen LogP contribution in [-0.2, 0) is 0 Å². The Morgan fingerprint density at radius 2 is 1.90 bits per heavy atom. The van der Waals surface area contributed by atoms with E-state index in [4.69, 9.17) is 10.00 Å². The summed E-state index contributed by atoms with van der Waals surface area (Å²) < 4.78 is 18.5. The molecule has 0 amide bonds. The minimum Gasteiger partial charge on any atom is -0.506 e. The van der Waals surface area contributed by atoms with Gasteiger partial charge in [0.1, 0.15) is 23.4 Å². The predicted molar refractivity (Wildman–Crippen MR) is 74.7 cm³/mol. The van der Waals surface area contributed by atoms with Crippen LogP contribution in [0.4, 0.5) is 4.39 Å². The second kappa shape index (κ2) is 5.89. The van der Waals surface area contributed by atoms with Gasteiger partial charge < -0.3 is 9.84 Å². The van der Waals surface area contributed by atoms with Gasteiger partial charge in [0, 0.05) is 11.1 Å². The molecule has 0 saturated heterocycles. The van der Waals surface area contributed by atoms with Crippen LogP contribution in [0.25, 0.3) is 12.2 Å². The molecule has 0 aliphatic rings. The van der Waals surface area contributed by atoms with Crippen LogP contribution in [-0.4, -0.2) is 12.2 Å². The van der Waals surface area contributed by atoms with Gasteiger partial charge in [-0.3, -0.25) is 0 Å². The SMILES string of the molecule is COc1ccccc1/C=C/c1cc(F)cc(C#N)c1O. The smallest absolute Gasteiger partial charge is 0.140 e. The number of phenolic OH excluding ortho intramolecular Hbond substituents is 1. The van der Waals surface area contributed by atoms with Crippen LogP contribution >= 0.6 is 0 Å². The molecule has 100 valence electrons. The van der Waals surface area contributed by atoms with Gasteiger partial charge in [0.2, 0.25) is 0 Å². The van der Waals surface area contributed by atoms with Crippen molar-refractivity contribution < 1.29 is 14.2 Å². The van der Waals surface area contributed by atoms with Crippen molar-refractivity contribution in [3.8, 4) is 17.6 Å². The van der Waals surface area contributed by atoms with Crippen molar-refractivity contribution in [1.29, 1.82) is 5.26 Å². The maximum Gasteiger partial charge on any atom is 0.140 e. The van der Waals surface area contributed by atoms with Crippen LogP contribution < -0.4 is 4.74 Å². The van der Waals surface area contributed by atoms with Gasteiger partial charge in [-0.15, -0.1) is 0 Å². The first-order valence-electron chi connectivity index (χ1n) is 5.89. The first-order chi connectivity index (χ1) is 9.65. The van der Waals surface area contributed by atoms with Gasteiger partial charge >= 0.3 is 0 Å². The van der Waals surface area contributed by atoms with Crippen LogP contribution in [0.1, 0.15) is 16.7 Å². The zero-order chi connectivity index (χ0) is 14.5. The summed E-state index contributed by atoms with van der Waals surface area (Å²) in [5, 5.41) is 18.7. The molecule has 0 bridgehead atoms. The molecule has 0 aromatic heterocycles. The van der Waals surface area contributed by atoms with Crippen molar-refractivity contribution in [3.05, 3.63) is 58.9 Å². The Balaban J connectivity index is 2.42. The Hall–Kier alpha value is -2.80. The molecule has 2 rings (SSSR count). The number of para-hydroxylation sites is 1. The van der Waals surface area contributed by atoms with E-state index < -0.39 is 5.82 Å². The van der Waals surface area contributed by atoms with E-state index in [-0.39, 0.29) is 16.9 Å². The monoisotopic (exact) mass is 269 g/mol. The highest BCUT2D eigenvalue weighted by atomic mass is 19.1. The summed E-state index contributed by atoms with van der Waals surface area (Å²) in [7, 11) is 1.56. The minimum atomic E-state index is -0.570. The third kappa shape index (κ3) is 2.78. The van der Waals surface area contributed by atoms with Crippen molar-refractivity contribution in [2.24, 2.45) is 0 Å². The molecule has 2 aromatic carbocycles. The van der Waals surface area contributed by atoms with Crippen molar-refractivity contribution in [1.82, 2.24) is 0 Å². The van der Waals surface area contributed by atoms with Gasteiger partial charge in [0.25, 0.3) is 0 Å². The summed E-state index contributed by atoms with van der Waals surface area (Å²) in [6.07, 6.45) is 3.23. The summed E-state index contributed by atoms with van der Waals surface area (Å²) in [5.74, 6) is -0.140. The Morgan fingerprint density at radius 1 is 1.20 bits per heavy atom. The fourth-order valence-corrected chi connectivity index (χ4v) is 1.82. The van der Waals surface area contributed by atoms with Crippen LogP contribution in [0.15, 0.2) is 36.4 Å². The van der Waals surface area contributed by atoms with E-state index in [9.17, 15) is 9.50 Å². The number of ether oxygens (including phenoxy) is 1. The number of nitriles is 1. The second-order valence-corrected chi connectivity index (χ2v) is 4.08. The van der Waals surface area contributed by atoms with E-state index in [2.05, 4.69) is 0 Å². The number of phenols is 1. The number of hydrogen-bond donors (Lipinski definition) is 1. The fourth-order valence-electron chi connectivity index (χ4n) is 1.82. The number of nitrogens with zero attached hydrogens (tertiary/aromatic N) is 1. The zero-order valence-electron chi connectivity index (χ0n) is 10.8. The molecular formula is C16H12FNO2. The highest BCUT2D eigenvalue weighted by Crippen LogP contribution is 2.27. The fraction of sp³-hybridized carbons (Fsp3) is 0.0625. The zero-order valence-corrected chi connectivity index (χ0v) is 10.8. The van der Waals surface area contributed by atoms with E-state index in [1.54, 1.807) is 25.3 Å². The van der Waals surface area contributed by atoms with Crippen LogP contribution in [0.5, 0.6) is 11.5 Å². The molecule has 3 nitrogen and oxygen atoms in total. The number of hydrogen-bond acceptors (Lipinski definition) is 3. The van der Waals surface area contributed by atoms with Crippen molar-refractivity contribution in [3.63, 3.8) is 0 Å². The molecule has 2 aromatic rings. The van der Waals surface area contributed by atoms with E-state index in [0.717, 1.165) is 11.6 Å². The molecule has 0 aliphatic heterocycles. The summed E-state index contributed by atoms with van der Waals surface area (Å²) >= 11 is 0. The second-order valence-electron chi connectivity index (χ2n) is 4.08. The molecule has 0 aliphatic carbocycles. The van der Waals surface area contributed by atoms with Crippen LogP contribution in [0.3, 0.4) is 0 Å². The average Bonchev–Trinajstić information content (AvgIpc) is 2.48. The molecule has 20 heavy (non-hydrogen) atoms. The molecule has 0 fully saturated rings. The first kappa shape index (κ1) is 13.6. The number of aromatic hydroxyl groups is 1. The minimum absolute atomic E-state index is 0.0929. The third-order valence-corrected chi connectivity index (χ3v) is 2.81. The molecule has 1 N–H and O–H groups in total. The van der Waals surface area contributed by atoms with E-state index >= 15 is 0 Å². The lowest BCUT2D eigenvalue weighted by molar-refractivity contribution is 0.414. The van der Waals surface area contributed by atoms with Gasteiger partial charge in [-0.05, 0) is 18.2 Å². The van der Waals surface area contributed by atoms with Crippen molar-refractivity contribution >= 4 is 12.2 Å². The molecule has 0 saturated carbocycles. The van der Waals surface area contributed by atoms with Crippen LogP contribution in [0, 0.1) is 17.1 Å². The van der Waals surface area contributed by atoms with Gasteiger partial charge in [-0.2, -0.15) is 5.26 Å². The molecule has 0 spiro atoms. The summed E-state index contributed by atoms with van der Waals surface area (Å²) in [6.45, 7) is 0. The maximum absolute atomic E-state index is 13.3. The Bertz CT molecular complexity index is 702. The molecule has 0 unspecified atom stereocenters. The largest absolute Gasteiger partial charge is 0.506 e. The lowest BCUT2D eigenvalue weighted by Gasteiger charge is -2.04. The molecular weight excluding hydrogens is 257 g/mol. The van der Waals surface area contributed by atoms with Gasteiger partial charge in [0.15, 0.2) is 0 Å². The maximum atomic E-state index is 13.3. The Kier molecular flexibility index (Phi) is 4.02. The summed E-state index contributed by atoms with van der Waals surface area (Å²) in [6, 6.07) is 11.2. The van der Waals surface area contributed by atoms with E-state index in [1.807, 2.05) is 18.2 Å². The van der Waals surface area contributed by atoms with Gasteiger partial charge in [0.05, 0.1) is 12.7 Å². The van der Waals surface area contributed by atoms with Crippen LogP contribution in [0.2, 0.25) is 0 Å². The Morgan fingerprint density at radius 3 is 2.60 bits per heavy atom. The highest BCUT2D eigenvalue weighted by molar-refractivity contribution is 5.76. The molecule has 0 atom stereocenters. The highest BCUT2D eigenvalue weighted by Gasteiger charge is 2.08. The Labute approximate surface area is 116 Å². The summed E-state index contributed by atoms with van der Waals surface area (Å²) in [5.41, 5.74) is 0.939. The molecule has 0 radical (unpaired) electrons. The standard InChI is InChI=1S/C16H12FNO2/c1-20-15-5-3-2-4-11(15)6-7-12-8-14(17)9-13(10-18)16(12)19/h2-9,19H,1H3/b7-6+. The van der Waals surface area contributed by atoms with Gasteiger partial charge in [-0.1, -0.05) is 30.4 Å². The number of benzene rings is 2. The molecule has 4 heteroatoms. The number of rotatable bonds is 3. The lowest BCUT2D eigenvalue weighted by atomic mass is 10.1. The van der Waals surface area contributed by atoms with Crippen molar-refractivity contribution in [2.45, 2.75) is 0 Å². The van der Waals surface area contributed by atoms with Gasteiger partial charge in [-0.25, -0.2) is 4.39 Å². The summed E-state index contributed by atoms with van der Waals surface area (Å²) in [4.78, 5) is 0. The quantitative estimate of drug-likeness (QED) is 0.866. The normalized spacial score (nSPS) is 10.4. The van der Waals surface area contributed by atoms with Crippen molar-refractivity contribution in [2.75, 3.05) is 7.11 Å². The number of halogens is 1. The van der Waals surface area contributed by atoms with E-state index in [0.29, 0.717) is 5.75 Å². The predicted octanol–water partition coefficient (Wildman–Crippen LogP) is 3.58. The average molecular weight is 269 g/mol. The van der Waals surface area contributed by atoms with E-state index in [1.165, 1.54) is 12.1 Å². The topological polar surface area (TPSA) is 53.2 Å².